The Morgan fingerprint density at radius 1 is 1.16 bits per heavy atom. The first-order valence-electron chi connectivity index (χ1n) is 14.9. The summed E-state index contributed by atoms with van der Waals surface area (Å²) in [7, 11) is -3.69. The minimum Gasteiger partial charge on any atom is -0.382 e. The molecule has 3 heterocycles. The van der Waals surface area contributed by atoms with E-state index < -0.39 is 34.1 Å². The lowest BCUT2D eigenvalue weighted by atomic mass is 9.91. The number of piperidine rings is 1. The molecule has 2 aromatic carbocycles. The molecule has 0 spiro atoms. The van der Waals surface area contributed by atoms with Crippen LogP contribution in [0.15, 0.2) is 42.5 Å². The Hall–Kier alpha value is -3.23. The number of likely N-dealkylation sites (tertiary alicyclic amines) is 1. The summed E-state index contributed by atoms with van der Waals surface area (Å²) in [6.45, 7) is 2.48. The molecule has 2 aliphatic rings. The molecule has 44 heavy (non-hydrogen) atoms. The molecule has 2 fully saturated rings. The van der Waals surface area contributed by atoms with E-state index in [1.54, 1.807) is 12.1 Å². The van der Waals surface area contributed by atoms with Crippen molar-refractivity contribution >= 4 is 50.2 Å². The van der Waals surface area contributed by atoms with Crippen LogP contribution in [0.1, 0.15) is 43.2 Å². The molecule has 2 aliphatic heterocycles. The predicted octanol–water partition coefficient (Wildman–Crippen LogP) is 2.30. The van der Waals surface area contributed by atoms with Crippen LogP contribution in [-0.2, 0) is 37.5 Å². The summed E-state index contributed by atoms with van der Waals surface area (Å²) in [5.74, 6) is 0.0142. The highest BCUT2D eigenvalue weighted by Crippen LogP contribution is 2.26. The molecule has 6 N–H and O–H groups in total. The maximum absolute atomic E-state index is 14.0. The average Bonchev–Trinajstić information content (AvgIpc) is 3.61. The van der Waals surface area contributed by atoms with Gasteiger partial charge in [-0.1, -0.05) is 29.8 Å². The molecule has 0 aliphatic carbocycles. The molecular formula is C30H40ClN7O5S. The van der Waals surface area contributed by atoms with Gasteiger partial charge in [-0.3, -0.25) is 14.7 Å². The summed E-state index contributed by atoms with van der Waals surface area (Å²) in [4.78, 5) is 29.1. The van der Waals surface area contributed by atoms with E-state index in [1.165, 1.54) is 4.90 Å². The molecule has 0 saturated carbocycles. The minimum atomic E-state index is -3.69. The Bertz CT molecular complexity index is 1560. The first kappa shape index (κ1) is 32.2. The summed E-state index contributed by atoms with van der Waals surface area (Å²) < 4.78 is 33.3. The molecule has 0 bridgehead atoms. The number of fused-ring (bicyclic) bond motifs is 1. The Morgan fingerprint density at radius 3 is 2.61 bits per heavy atom. The summed E-state index contributed by atoms with van der Waals surface area (Å²) in [6.07, 6.45) is 3.92. The zero-order valence-electron chi connectivity index (χ0n) is 24.7. The van der Waals surface area contributed by atoms with E-state index in [-0.39, 0.29) is 32.0 Å². The number of benzene rings is 2. The number of anilines is 1. The number of nitrogen functional groups attached to an aromatic ring is 1. The van der Waals surface area contributed by atoms with Crippen molar-refractivity contribution in [3.05, 3.63) is 58.6 Å². The zero-order chi connectivity index (χ0) is 31.3. The molecule has 14 heteroatoms. The van der Waals surface area contributed by atoms with Gasteiger partial charge in [-0.2, -0.15) is 5.10 Å². The normalized spacial score (nSPS) is 20.2. The molecule has 3 atom stereocenters. The van der Waals surface area contributed by atoms with Crippen LogP contribution in [0.4, 0.5) is 5.82 Å². The van der Waals surface area contributed by atoms with Gasteiger partial charge in [-0.25, -0.2) is 13.1 Å². The standard InChI is InChI=1S/C30H40ClN7O5S/c1-44(41,42)37-26(9-4-19-10-12-33-13-11-19)30(40)38-17-23(43-18-20-2-6-22(31)7-3-20)15-27(38)29(39)34-16-21-5-8-25-24(14-21)28(32)36-35-25/h2-3,5-8,14,19,23,26-27,33,37H,4,9-13,15-18H2,1H3,(H,34,39)(H3,32,35,36)/t23?,26-,27+/m1/s1. The number of aromatic nitrogens is 2. The predicted molar refractivity (Wildman–Crippen MR) is 169 cm³/mol. The molecule has 1 unspecified atom stereocenters. The van der Waals surface area contributed by atoms with Gasteiger partial charge in [0.25, 0.3) is 0 Å². The summed E-state index contributed by atoms with van der Waals surface area (Å²) >= 11 is 6.01. The van der Waals surface area contributed by atoms with E-state index in [4.69, 9.17) is 22.1 Å². The summed E-state index contributed by atoms with van der Waals surface area (Å²) in [5.41, 5.74) is 8.47. The number of aromatic amines is 1. The van der Waals surface area contributed by atoms with Gasteiger partial charge in [-0.15, -0.1) is 0 Å². The van der Waals surface area contributed by atoms with E-state index in [9.17, 15) is 18.0 Å². The molecule has 238 valence electrons. The Labute approximate surface area is 262 Å². The smallest absolute Gasteiger partial charge is 0.243 e. The largest absolute Gasteiger partial charge is 0.382 e. The fourth-order valence-electron chi connectivity index (χ4n) is 5.97. The Kier molecular flexibility index (Phi) is 10.4. The molecule has 1 aromatic heterocycles. The van der Waals surface area contributed by atoms with E-state index >= 15 is 0 Å². The van der Waals surface area contributed by atoms with Gasteiger partial charge in [0.2, 0.25) is 21.8 Å². The lowest BCUT2D eigenvalue weighted by Gasteiger charge is -2.30. The second kappa shape index (κ2) is 14.2. The van der Waals surface area contributed by atoms with Crippen molar-refractivity contribution in [3.63, 3.8) is 0 Å². The Morgan fingerprint density at radius 2 is 1.89 bits per heavy atom. The van der Waals surface area contributed by atoms with Crippen molar-refractivity contribution in [2.45, 2.75) is 63.4 Å². The van der Waals surface area contributed by atoms with Gasteiger partial charge in [0.1, 0.15) is 12.1 Å². The maximum atomic E-state index is 14.0. The molecule has 3 aromatic rings. The minimum absolute atomic E-state index is 0.164. The first-order valence-corrected chi connectivity index (χ1v) is 17.2. The lowest BCUT2D eigenvalue weighted by Crippen LogP contribution is -2.53. The zero-order valence-corrected chi connectivity index (χ0v) is 26.3. The first-order chi connectivity index (χ1) is 21.1. The average molecular weight is 646 g/mol. The molecule has 12 nitrogen and oxygen atoms in total. The van der Waals surface area contributed by atoms with Crippen LogP contribution in [-0.4, -0.2) is 79.4 Å². The van der Waals surface area contributed by atoms with Crippen LogP contribution >= 0.6 is 11.6 Å². The third kappa shape index (κ3) is 8.48. The van der Waals surface area contributed by atoms with Gasteiger partial charge >= 0.3 is 0 Å². The van der Waals surface area contributed by atoms with Crippen LogP contribution in [0.25, 0.3) is 10.9 Å². The number of carbonyl (C=O) groups is 2. The third-order valence-electron chi connectivity index (χ3n) is 8.35. The van der Waals surface area contributed by atoms with Crippen LogP contribution in [0.5, 0.6) is 0 Å². The number of amides is 2. The monoisotopic (exact) mass is 645 g/mol. The topological polar surface area (TPSA) is 172 Å². The highest BCUT2D eigenvalue weighted by molar-refractivity contribution is 7.88. The number of carbonyl (C=O) groups excluding carboxylic acids is 2. The number of hydrogen-bond acceptors (Lipinski definition) is 8. The van der Waals surface area contributed by atoms with E-state index in [2.05, 4.69) is 25.6 Å². The van der Waals surface area contributed by atoms with Crippen LogP contribution < -0.4 is 21.1 Å². The van der Waals surface area contributed by atoms with Gasteiger partial charge in [0.05, 0.1) is 24.5 Å². The highest BCUT2D eigenvalue weighted by atomic mass is 35.5. The van der Waals surface area contributed by atoms with Gasteiger partial charge in [-0.05, 0) is 80.1 Å². The van der Waals surface area contributed by atoms with Gasteiger partial charge < -0.3 is 26.0 Å². The second-order valence-corrected chi connectivity index (χ2v) is 13.9. The number of nitrogens with zero attached hydrogens (tertiary/aromatic N) is 2. The van der Waals surface area contributed by atoms with Gasteiger partial charge in [0.15, 0.2) is 5.82 Å². The summed E-state index contributed by atoms with van der Waals surface area (Å²) in [6, 6.07) is 11.0. The van der Waals surface area contributed by atoms with Crippen molar-refractivity contribution in [2.75, 3.05) is 31.6 Å². The Balaban J connectivity index is 1.31. The van der Waals surface area contributed by atoms with Gasteiger partial charge in [0, 0.05) is 29.9 Å². The number of ether oxygens (including phenoxy) is 1. The van der Waals surface area contributed by atoms with Crippen LogP contribution in [0, 0.1) is 5.92 Å². The van der Waals surface area contributed by atoms with Crippen molar-refractivity contribution in [2.24, 2.45) is 5.92 Å². The summed E-state index contributed by atoms with van der Waals surface area (Å²) in [5, 5.41) is 14.5. The quantitative estimate of drug-likeness (QED) is 0.200. The number of H-pyrrole nitrogens is 1. The molecule has 2 amide bonds. The van der Waals surface area contributed by atoms with Crippen LogP contribution in [0.2, 0.25) is 5.02 Å². The number of nitrogens with two attached hydrogens (primary N) is 1. The maximum Gasteiger partial charge on any atom is 0.243 e. The number of sulfonamides is 1. The number of rotatable bonds is 12. The number of hydrogen-bond donors (Lipinski definition) is 5. The highest BCUT2D eigenvalue weighted by Gasteiger charge is 2.42. The molecule has 2 saturated heterocycles. The van der Waals surface area contributed by atoms with Crippen molar-refractivity contribution in [1.82, 2.24) is 30.5 Å². The number of nitrogens with one attached hydrogen (secondary N) is 4. The lowest BCUT2D eigenvalue weighted by molar-refractivity contribution is -0.140. The van der Waals surface area contributed by atoms with Crippen molar-refractivity contribution in [3.8, 4) is 0 Å². The fourth-order valence-corrected chi connectivity index (χ4v) is 6.83. The van der Waals surface area contributed by atoms with E-state index in [0.717, 1.165) is 54.2 Å². The number of halogens is 1. The second-order valence-electron chi connectivity index (χ2n) is 11.7. The SMILES string of the molecule is CS(=O)(=O)N[C@H](CCC1CCNCC1)C(=O)N1CC(OCc2ccc(Cl)cc2)C[C@H]1C(=O)NCc1ccc2[nH]nc(N)c2c1. The molecule has 0 radical (unpaired) electrons. The third-order valence-corrected chi connectivity index (χ3v) is 9.31. The van der Waals surface area contributed by atoms with E-state index in [1.807, 2.05) is 30.3 Å². The fraction of sp³-hybridized carbons (Fsp3) is 0.500. The van der Waals surface area contributed by atoms with Crippen LogP contribution in [0.3, 0.4) is 0 Å². The molecule has 5 rings (SSSR count). The van der Waals surface area contributed by atoms with E-state index in [0.29, 0.717) is 29.6 Å². The molecular weight excluding hydrogens is 606 g/mol. The van der Waals surface area contributed by atoms with Crippen molar-refractivity contribution < 1.29 is 22.7 Å². The van der Waals surface area contributed by atoms with Crippen molar-refractivity contribution in [1.29, 1.82) is 0 Å².